The number of esters is 1. The van der Waals surface area contributed by atoms with Gasteiger partial charge in [-0.2, -0.15) is 0 Å². The van der Waals surface area contributed by atoms with Crippen LogP contribution in [-0.4, -0.2) is 111 Å². The smallest absolute Gasteiger partial charge is 0.327 e. The average Bonchev–Trinajstić information content (AvgIpc) is 3.01. The Morgan fingerprint density at radius 3 is 2.36 bits per heavy atom. The van der Waals surface area contributed by atoms with E-state index in [9.17, 15) is 15.0 Å². The Kier molecular flexibility index (Phi) is 9.26. The number of carbonyl (C=O) groups excluding carboxylic acids is 1. The van der Waals surface area contributed by atoms with Crippen LogP contribution >= 0.6 is 0 Å². The molecular formula is C18H34N6O4. The lowest BCUT2D eigenvalue weighted by molar-refractivity contribution is -0.144. The quantitative estimate of drug-likeness (QED) is 0.505. The van der Waals surface area contributed by atoms with Gasteiger partial charge in [0.05, 0.1) is 37.4 Å². The molecule has 10 nitrogen and oxygen atoms in total. The minimum atomic E-state index is -0.406. The van der Waals surface area contributed by atoms with Gasteiger partial charge in [-0.3, -0.25) is 19.5 Å². The van der Waals surface area contributed by atoms with Gasteiger partial charge in [0.25, 0.3) is 0 Å². The molecule has 1 aliphatic heterocycles. The van der Waals surface area contributed by atoms with Crippen molar-refractivity contribution >= 4 is 5.97 Å². The van der Waals surface area contributed by atoms with Gasteiger partial charge in [0.15, 0.2) is 0 Å². The Labute approximate surface area is 166 Å². The average molecular weight is 399 g/mol. The number of β-amino-alcohol motifs (C(OH)–C–C–N with tert-alkyl or cyclic N) is 2. The van der Waals surface area contributed by atoms with Crippen molar-refractivity contribution in [3.63, 3.8) is 0 Å². The lowest BCUT2D eigenvalue weighted by atomic mass is 10.3. The van der Waals surface area contributed by atoms with Gasteiger partial charge >= 0.3 is 5.97 Å². The van der Waals surface area contributed by atoms with Gasteiger partial charge in [0.1, 0.15) is 6.54 Å². The molecule has 0 amide bonds. The van der Waals surface area contributed by atoms with E-state index in [1.807, 2.05) is 0 Å². The fraction of sp³-hybridized carbons (Fsp3) is 0.833. The lowest BCUT2D eigenvalue weighted by Gasteiger charge is -2.37. The molecule has 1 fully saturated rings. The summed E-state index contributed by atoms with van der Waals surface area (Å²) in [7, 11) is 0. The lowest BCUT2D eigenvalue weighted by Crippen LogP contribution is -2.50. The highest BCUT2D eigenvalue weighted by atomic mass is 16.5. The predicted octanol–water partition coefficient (Wildman–Crippen LogP) is -1.02. The van der Waals surface area contributed by atoms with Crippen LogP contribution in [0.2, 0.25) is 0 Å². The number of hydrogen-bond acceptors (Lipinski definition) is 9. The summed E-state index contributed by atoms with van der Waals surface area (Å²) in [5, 5.41) is 27.7. The first-order valence-electron chi connectivity index (χ1n) is 9.93. The zero-order valence-electron chi connectivity index (χ0n) is 17.2. The van der Waals surface area contributed by atoms with Crippen molar-refractivity contribution in [2.24, 2.45) is 0 Å². The summed E-state index contributed by atoms with van der Waals surface area (Å²) < 4.78 is 6.43. The summed E-state index contributed by atoms with van der Waals surface area (Å²) in [5.74, 6) is -0.331. The number of rotatable bonds is 9. The van der Waals surface area contributed by atoms with E-state index in [1.165, 1.54) is 4.68 Å². The van der Waals surface area contributed by atoms with E-state index in [4.69, 9.17) is 4.74 Å². The van der Waals surface area contributed by atoms with E-state index in [0.29, 0.717) is 26.2 Å². The summed E-state index contributed by atoms with van der Waals surface area (Å²) in [6.07, 6.45) is 0.986. The van der Waals surface area contributed by atoms with Crippen molar-refractivity contribution in [3.05, 3.63) is 11.9 Å². The molecule has 1 aliphatic rings. The number of aromatic nitrogens is 3. The van der Waals surface area contributed by atoms with Crippen LogP contribution < -0.4 is 0 Å². The van der Waals surface area contributed by atoms with Crippen molar-refractivity contribution in [3.8, 4) is 0 Å². The Bertz CT molecular complexity index is 594. The topological polar surface area (TPSA) is 107 Å². The van der Waals surface area contributed by atoms with Crippen molar-refractivity contribution in [2.75, 3.05) is 52.5 Å². The number of ether oxygens (including phenoxy) is 1. The van der Waals surface area contributed by atoms with Crippen LogP contribution in [0.4, 0.5) is 0 Å². The minimum Gasteiger partial charge on any atom is -0.465 e. The van der Waals surface area contributed by atoms with Gasteiger partial charge < -0.3 is 14.9 Å². The molecule has 0 bridgehead atoms. The fourth-order valence-corrected chi connectivity index (χ4v) is 3.37. The second kappa shape index (κ2) is 11.4. The summed E-state index contributed by atoms with van der Waals surface area (Å²) >= 11 is 0. The zero-order valence-corrected chi connectivity index (χ0v) is 17.2. The summed E-state index contributed by atoms with van der Waals surface area (Å²) in [5.41, 5.74) is 0.781. The summed E-state index contributed by atoms with van der Waals surface area (Å²) in [6.45, 7) is 11.6. The normalized spacial score (nSPS) is 19.8. The second-order valence-electron chi connectivity index (χ2n) is 7.48. The van der Waals surface area contributed by atoms with Gasteiger partial charge in [-0.25, -0.2) is 4.68 Å². The van der Waals surface area contributed by atoms with Crippen LogP contribution in [0.1, 0.15) is 26.5 Å². The van der Waals surface area contributed by atoms with Crippen LogP contribution in [0.15, 0.2) is 6.20 Å². The van der Waals surface area contributed by atoms with Crippen LogP contribution in [-0.2, 0) is 22.6 Å². The van der Waals surface area contributed by atoms with E-state index in [1.54, 1.807) is 27.0 Å². The Hall–Kier alpha value is -1.59. The molecule has 1 aromatic heterocycles. The third-order valence-electron chi connectivity index (χ3n) is 4.48. The van der Waals surface area contributed by atoms with Gasteiger partial charge in [-0.1, -0.05) is 5.21 Å². The molecule has 28 heavy (non-hydrogen) atoms. The first kappa shape index (κ1) is 22.7. The monoisotopic (exact) mass is 398 g/mol. The summed E-state index contributed by atoms with van der Waals surface area (Å²) in [6, 6.07) is 0. The molecule has 2 atom stereocenters. The predicted molar refractivity (Wildman–Crippen MR) is 103 cm³/mol. The molecule has 0 unspecified atom stereocenters. The molecule has 2 rings (SSSR count). The third-order valence-corrected chi connectivity index (χ3v) is 4.48. The third kappa shape index (κ3) is 8.19. The highest BCUT2D eigenvalue weighted by Gasteiger charge is 2.21. The maximum atomic E-state index is 11.6. The highest BCUT2D eigenvalue weighted by Crippen LogP contribution is 2.08. The Morgan fingerprint density at radius 2 is 1.71 bits per heavy atom. The van der Waals surface area contributed by atoms with Gasteiger partial charge in [-0.05, 0) is 20.8 Å². The van der Waals surface area contributed by atoms with Crippen LogP contribution in [0, 0.1) is 0 Å². The Balaban J connectivity index is 1.98. The van der Waals surface area contributed by atoms with E-state index in [-0.39, 0.29) is 18.6 Å². The first-order chi connectivity index (χ1) is 13.4. The van der Waals surface area contributed by atoms with Crippen LogP contribution in [0.3, 0.4) is 0 Å². The van der Waals surface area contributed by atoms with Gasteiger partial charge in [-0.15, -0.1) is 5.10 Å². The molecule has 0 aromatic carbocycles. The standard InChI is InChI=1S/C18H34N6O4/c1-4-28-18(27)13-24-12-17(19-20-24)11-23-8-6-21(9-15(2)25)5-7-22(14-23)10-16(3)26/h12,15-16,25-26H,4-11,13-14H2,1-3H3/t15-,16-/m0/s1. The fourth-order valence-electron chi connectivity index (χ4n) is 3.37. The van der Waals surface area contributed by atoms with Gasteiger partial charge in [0, 0.05) is 45.8 Å². The molecule has 0 aliphatic carbocycles. The number of nitrogens with zero attached hydrogens (tertiary/aromatic N) is 6. The van der Waals surface area contributed by atoms with E-state index in [2.05, 4.69) is 25.0 Å². The number of carbonyl (C=O) groups is 1. The maximum absolute atomic E-state index is 11.6. The van der Waals surface area contributed by atoms with E-state index < -0.39 is 6.10 Å². The van der Waals surface area contributed by atoms with Crippen molar-refractivity contribution in [2.45, 2.75) is 46.1 Å². The maximum Gasteiger partial charge on any atom is 0.327 e. The van der Waals surface area contributed by atoms with Gasteiger partial charge in [0.2, 0.25) is 0 Å². The highest BCUT2D eigenvalue weighted by molar-refractivity contribution is 5.68. The largest absolute Gasteiger partial charge is 0.465 e. The zero-order chi connectivity index (χ0) is 20.5. The number of aliphatic hydroxyl groups is 2. The molecular weight excluding hydrogens is 364 g/mol. The molecule has 1 saturated heterocycles. The summed E-state index contributed by atoms with van der Waals surface area (Å²) in [4.78, 5) is 18.3. The second-order valence-corrected chi connectivity index (χ2v) is 7.48. The Morgan fingerprint density at radius 1 is 1.11 bits per heavy atom. The van der Waals surface area contributed by atoms with Crippen molar-refractivity contribution in [1.82, 2.24) is 29.7 Å². The molecule has 2 N–H and O–H groups in total. The van der Waals surface area contributed by atoms with Crippen molar-refractivity contribution in [1.29, 1.82) is 0 Å². The van der Waals surface area contributed by atoms with Crippen LogP contribution in [0.5, 0.6) is 0 Å². The number of hydrogen-bond donors (Lipinski definition) is 2. The molecule has 160 valence electrons. The van der Waals surface area contributed by atoms with Crippen LogP contribution in [0.25, 0.3) is 0 Å². The molecule has 1 aromatic rings. The molecule has 0 radical (unpaired) electrons. The SMILES string of the molecule is CCOC(=O)Cn1cc(CN2CCN(C[C@H](C)O)CCN(C[C@H](C)O)C2)nn1. The van der Waals surface area contributed by atoms with Crippen molar-refractivity contribution < 1.29 is 19.7 Å². The van der Waals surface area contributed by atoms with E-state index >= 15 is 0 Å². The first-order valence-corrected chi connectivity index (χ1v) is 9.93. The minimum absolute atomic E-state index is 0.0527. The van der Waals surface area contributed by atoms with E-state index in [0.717, 1.165) is 38.5 Å². The number of aliphatic hydroxyl groups excluding tert-OH is 2. The molecule has 2 heterocycles. The molecule has 0 spiro atoms. The molecule has 0 saturated carbocycles. The molecule has 10 heteroatoms.